The Hall–Kier alpha value is -2.17. The summed E-state index contributed by atoms with van der Waals surface area (Å²) in [7, 11) is 0. The molecule has 0 radical (unpaired) electrons. The number of rotatable bonds is 5. The fourth-order valence-corrected chi connectivity index (χ4v) is 2.84. The minimum atomic E-state index is -0.0118. The van der Waals surface area contributed by atoms with Crippen LogP contribution in [0.15, 0.2) is 24.5 Å². The minimum absolute atomic E-state index is 0.0118. The van der Waals surface area contributed by atoms with Crippen LogP contribution in [0, 0.1) is 26.2 Å². The van der Waals surface area contributed by atoms with Crippen LogP contribution in [0.1, 0.15) is 40.4 Å². The van der Waals surface area contributed by atoms with E-state index in [1.54, 1.807) is 0 Å². The number of hydrogen-bond acceptors (Lipinski definition) is 3. The number of carbonyl (C=O) groups excluding carboxylic acids is 1. The van der Waals surface area contributed by atoms with E-state index in [4.69, 9.17) is 0 Å². The Morgan fingerprint density at radius 3 is 2.50 bits per heavy atom. The number of hydrogen-bond donors (Lipinski definition) is 1. The van der Waals surface area contributed by atoms with Crippen molar-refractivity contribution in [2.45, 2.75) is 40.2 Å². The van der Waals surface area contributed by atoms with Crippen molar-refractivity contribution in [3.8, 4) is 0 Å². The number of nitrogens with zero attached hydrogens (tertiary/aromatic N) is 3. The summed E-state index contributed by atoms with van der Waals surface area (Å²) in [5.74, 6) is 1.01. The molecule has 0 saturated heterocycles. The number of carbonyl (C=O) groups is 1. The lowest BCUT2D eigenvalue weighted by molar-refractivity contribution is 0.0942. The second kappa shape index (κ2) is 5.55. The van der Waals surface area contributed by atoms with Crippen LogP contribution in [0.3, 0.4) is 0 Å². The molecule has 5 nitrogen and oxygen atoms in total. The summed E-state index contributed by atoms with van der Waals surface area (Å²) in [4.78, 5) is 20.9. The molecular weight excluding hydrogens is 276 g/mol. The summed E-state index contributed by atoms with van der Waals surface area (Å²) in [6.07, 6.45) is 6.14. The maximum atomic E-state index is 12.3. The first kappa shape index (κ1) is 14.8. The first-order chi connectivity index (χ1) is 10.5. The van der Waals surface area contributed by atoms with Crippen LogP contribution < -0.4 is 5.32 Å². The zero-order chi connectivity index (χ0) is 15.7. The number of nitrogens with one attached hydrogen (secondary N) is 1. The third kappa shape index (κ3) is 3.18. The summed E-state index contributed by atoms with van der Waals surface area (Å²) >= 11 is 0. The molecule has 1 fully saturated rings. The van der Waals surface area contributed by atoms with Gasteiger partial charge in [-0.2, -0.15) is 0 Å². The van der Waals surface area contributed by atoms with Gasteiger partial charge in [0.15, 0.2) is 0 Å². The molecule has 1 saturated carbocycles. The lowest BCUT2D eigenvalue weighted by atomic mass is 10.1. The summed E-state index contributed by atoms with van der Waals surface area (Å²) in [6, 6.07) is 3.67. The van der Waals surface area contributed by atoms with Gasteiger partial charge in [-0.1, -0.05) is 0 Å². The van der Waals surface area contributed by atoms with Crippen LogP contribution in [0.25, 0.3) is 0 Å². The van der Waals surface area contributed by atoms with Crippen molar-refractivity contribution in [2.75, 3.05) is 6.54 Å². The van der Waals surface area contributed by atoms with Gasteiger partial charge in [0.05, 0.1) is 0 Å². The van der Waals surface area contributed by atoms with Gasteiger partial charge in [-0.05, 0) is 45.7 Å². The lowest BCUT2D eigenvalue weighted by Gasteiger charge is -2.18. The van der Waals surface area contributed by atoms with Gasteiger partial charge < -0.3 is 9.88 Å². The normalized spacial score (nSPS) is 15.6. The molecule has 1 aliphatic carbocycles. The van der Waals surface area contributed by atoms with E-state index in [2.05, 4.69) is 19.9 Å². The fourth-order valence-electron chi connectivity index (χ4n) is 2.84. The molecule has 3 rings (SSSR count). The van der Waals surface area contributed by atoms with Gasteiger partial charge >= 0.3 is 0 Å². The topological polar surface area (TPSA) is 59.8 Å². The Morgan fingerprint density at radius 2 is 1.95 bits per heavy atom. The average molecular weight is 298 g/mol. The fraction of sp³-hybridized carbons (Fsp3) is 0.471. The second-order valence-electron chi connectivity index (χ2n) is 6.42. The van der Waals surface area contributed by atoms with E-state index in [-0.39, 0.29) is 11.3 Å². The highest BCUT2D eigenvalue weighted by Gasteiger charge is 2.43. The molecule has 1 amide bonds. The highest BCUT2D eigenvalue weighted by Crippen LogP contribution is 2.46. The van der Waals surface area contributed by atoms with E-state index in [1.165, 1.54) is 0 Å². The highest BCUT2D eigenvalue weighted by molar-refractivity contribution is 5.94. The molecule has 0 unspecified atom stereocenters. The van der Waals surface area contributed by atoms with Crippen molar-refractivity contribution < 1.29 is 4.79 Å². The van der Waals surface area contributed by atoms with Gasteiger partial charge in [0.25, 0.3) is 5.91 Å². The standard InChI is InChI=1S/C17H22N4O/c1-12-8-15(9-13(2)20-12)16(22)19-10-17(4-5-17)11-21-7-6-18-14(21)3/h6-9H,4-5,10-11H2,1-3H3,(H,19,22). The van der Waals surface area contributed by atoms with Crippen molar-refractivity contribution >= 4 is 5.91 Å². The maximum absolute atomic E-state index is 12.3. The van der Waals surface area contributed by atoms with Crippen LogP contribution in [0.5, 0.6) is 0 Å². The highest BCUT2D eigenvalue weighted by atomic mass is 16.1. The third-order valence-electron chi connectivity index (χ3n) is 4.35. The molecule has 0 bridgehead atoms. The van der Waals surface area contributed by atoms with Crippen LogP contribution in [0.4, 0.5) is 0 Å². The Bertz CT molecular complexity index is 680. The summed E-state index contributed by atoms with van der Waals surface area (Å²) in [5.41, 5.74) is 2.64. The first-order valence-electron chi connectivity index (χ1n) is 7.69. The van der Waals surface area contributed by atoms with Crippen LogP contribution in [-0.4, -0.2) is 27.0 Å². The van der Waals surface area contributed by atoms with Crippen LogP contribution >= 0.6 is 0 Å². The van der Waals surface area contributed by atoms with E-state index in [1.807, 2.05) is 45.3 Å². The predicted molar refractivity (Wildman–Crippen MR) is 84.7 cm³/mol. The molecule has 1 N–H and O–H groups in total. The molecule has 5 heteroatoms. The Labute approximate surface area is 130 Å². The molecule has 2 aromatic rings. The largest absolute Gasteiger partial charge is 0.351 e. The van der Waals surface area contributed by atoms with Crippen molar-refractivity contribution in [2.24, 2.45) is 5.41 Å². The molecule has 0 aliphatic heterocycles. The SMILES string of the molecule is Cc1cc(C(=O)NCC2(Cn3ccnc3C)CC2)cc(C)n1. The molecule has 22 heavy (non-hydrogen) atoms. The zero-order valence-electron chi connectivity index (χ0n) is 13.4. The summed E-state index contributed by atoms with van der Waals surface area (Å²) in [6.45, 7) is 7.47. The van der Waals surface area contributed by atoms with E-state index in [0.717, 1.165) is 36.6 Å². The van der Waals surface area contributed by atoms with Crippen LogP contribution in [-0.2, 0) is 6.54 Å². The van der Waals surface area contributed by atoms with Crippen molar-refractivity contribution in [3.05, 3.63) is 47.3 Å². The minimum Gasteiger partial charge on any atom is -0.351 e. The molecule has 0 atom stereocenters. The number of amides is 1. The number of aryl methyl sites for hydroxylation is 3. The van der Waals surface area contributed by atoms with E-state index in [0.29, 0.717) is 12.1 Å². The van der Waals surface area contributed by atoms with Crippen molar-refractivity contribution in [1.82, 2.24) is 19.9 Å². The zero-order valence-corrected chi connectivity index (χ0v) is 13.4. The lowest BCUT2D eigenvalue weighted by Crippen LogP contribution is -2.32. The van der Waals surface area contributed by atoms with Crippen molar-refractivity contribution in [3.63, 3.8) is 0 Å². The van der Waals surface area contributed by atoms with E-state index in [9.17, 15) is 4.79 Å². The first-order valence-corrected chi connectivity index (χ1v) is 7.69. The molecule has 1 aliphatic rings. The molecule has 2 aromatic heterocycles. The predicted octanol–water partition coefficient (Wildman–Crippen LogP) is 2.41. The maximum Gasteiger partial charge on any atom is 0.251 e. The van der Waals surface area contributed by atoms with Gasteiger partial charge in [-0.15, -0.1) is 0 Å². The second-order valence-corrected chi connectivity index (χ2v) is 6.42. The van der Waals surface area contributed by atoms with Crippen LogP contribution in [0.2, 0.25) is 0 Å². The Morgan fingerprint density at radius 1 is 1.27 bits per heavy atom. The van der Waals surface area contributed by atoms with Gasteiger partial charge in [-0.25, -0.2) is 4.98 Å². The quantitative estimate of drug-likeness (QED) is 0.922. The molecule has 0 spiro atoms. The Balaban J connectivity index is 1.62. The van der Waals surface area contributed by atoms with Gasteiger partial charge in [0.1, 0.15) is 5.82 Å². The number of pyridine rings is 1. The van der Waals surface area contributed by atoms with E-state index < -0.39 is 0 Å². The summed E-state index contributed by atoms with van der Waals surface area (Å²) < 4.78 is 2.17. The number of imidazole rings is 1. The molecular formula is C17H22N4O. The van der Waals surface area contributed by atoms with E-state index >= 15 is 0 Å². The molecule has 2 heterocycles. The smallest absolute Gasteiger partial charge is 0.251 e. The monoisotopic (exact) mass is 298 g/mol. The molecule has 0 aromatic carbocycles. The van der Waals surface area contributed by atoms with Gasteiger partial charge in [0.2, 0.25) is 0 Å². The van der Waals surface area contributed by atoms with Gasteiger partial charge in [-0.3, -0.25) is 9.78 Å². The summed E-state index contributed by atoms with van der Waals surface area (Å²) in [5, 5.41) is 3.09. The Kier molecular flexibility index (Phi) is 3.72. The average Bonchev–Trinajstić information content (AvgIpc) is 3.11. The number of aromatic nitrogens is 3. The molecule has 116 valence electrons. The third-order valence-corrected chi connectivity index (χ3v) is 4.35. The van der Waals surface area contributed by atoms with Crippen molar-refractivity contribution in [1.29, 1.82) is 0 Å². The van der Waals surface area contributed by atoms with Gasteiger partial charge in [0, 0.05) is 47.8 Å².